The van der Waals surface area contributed by atoms with Gasteiger partial charge in [-0.2, -0.15) is 0 Å². The maximum atomic E-state index is 12.1. The van der Waals surface area contributed by atoms with Gasteiger partial charge in [-0.1, -0.05) is 11.6 Å². The molecule has 1 aromatic carbocycles. The van der Waals surface area contributed by atoms with E-state index in [-0.39, 0.29) is 11.8 Å². The van der Waals surface area contributed by atoms with Crippen LogP contribution in [0, 0.1) is 5.41 Å². The Kier molecular flexibility index (Phi) is 5.96. The Morgan fingerprint density at radius 1 is 1.47 bits per heavy atom. The van der Waals surface area contributed by atoms with E-state index < -0.39 is 5.41 Å². The normalized spacial score (nSPS) is 11.3. The maximum absolute atomic E-state index is 12.1. The van der Waals surface area contributed by atoms with Crippen LogP contribution in [0.2, 0.25) is 5.02 Å². The fraction of sp³-hybridized carbons (Fsp3) is 0.462. The molecule has 19 heavy (non-hydrogen) atoms. The van der Waals surface area contributed by atoms with Crippen molar-refractivity contribution in [2.75, 3.05) is 17.8 Å². The van der Waals surface area contributed by atoms with Crippen molar-refractivity contribution >= 4 is 50.7 Å². The number of halogens is 3. The molecule has 1 aromatic rings. The predicted octanol–water partition coefficient (Wildman–Crippen LogP) is 4.70. The first-order valence-corrected chi connectivity index (χ1v) is 7.51. The number of benzene rings is 1. The summed E-state index contributed by atoms with van der Waals surface area (Å²) in [5.74, 6) is 0.605. The molecule has 0 unspecified atom stereocenters. The number of hydrogen-bond acceptors (Lipinski definition) is 2. The van der Waals surface area contributed by atoms with Crippen LogP contribution in [0.5, 0.6) is 5.75 Å². The SMILES string of the molecule is CCOc1c(Br)cc(Cl)cc1NC(=O)C(C)(C)CCl. The van der Waals surface area contributed by atoms with E-state index in [1.165, 1.54) is 0 Å². The Labute approximate surface area is 131 Å². The van der Waals surface area contributed by atoms with Gasteiger partial charge in [0.25, 0.3) is 0 Å². The summed E-state index contributed by atoms with van der Waals surface area (Å²) in [7, 11) is 0. The molecule has 0 saturated heterocycles. The molecule has 0 aliphatic heterocycles. The van der Waals surface area contributed by atoms with Gasteiger partial charge in [-0.15, -0.1) is 11.6 Å². The third-order valence-electron chi connectivity index (χ3n) is 2.49. The van der Waals surface area contributed by atoms with E-state index in [2.05, 4.69) is 21.2 Å². The zero-order chi connectivity index (χ0) is 14.6. The molecule has 0 aliphatic carbocycles. The minimum Gasteiger partial charge on any atom is -0.491 e. The van der Waals surface area contributed by atoms with Gasteiger partial charge in [0.2, 0.25) is 5.91 Å². The van der Waals surface area contributed by atoms with E-state index in [9.17, 15) is 4.79 Å². The molecule has 106 valence electrons. The third-order valence-corrected chi connectivity index (χ3v) is 3.97. The van der Waals surface area contributed by atoms with E-state index in [4.69, 9.17) is 27.9 Å². The zero-order valence-electron chi connectivity index (χ0n) is 11.0. The van der Waals surface area contributed by atoms with Crippen molar-refractivity contribution in [3.8, 4) is 5.75 Å². The average molecular weight is 369 g/mol. The van der Waals surface area contributed by atoms with Gasteiger partial charge in [-0.3, -0.25) is 4.79 Å². The van der Waals surface area contributed by atoms with Crippen LogP contribution in [-0.2, 0) is 4.79 Å². The van der Waals surface area contributed by atoms with Gasteiger partial charge in [-0.25, -0.2) is 0 Å². The summed E-state index contributed by atoms with van der Waals surface area (Å²) in [6.45, 7) is 5.90. The average Bonchev–Trinajstić information content (AvgIpc) is 2.33. The minimum atomic E-state index is -0.667. The molecule has 3 nitrogen and oxygen atoms in total. The maximum Gasteiger partial charge on any atom is 0.231 e. The Hall–Kier alpha value is -0.450. The van der Waals surface area contributed by atoms with Crippen molar-refractivity contribution in [1.82, 2.24) is 0 Å². The van der Waals surface area contributed by atoms with Gasteiger partial charge in [0.05, 0.1) is 22.2 Å². The Bertz CT molecular complexity index is 478. The highest BCUT2D eigenvalue weighted by Gasteiger charge is 2.27. The quantitative estimate of drug-likeness (QED) is 0.764. The molecule has 6 heteroatoms. The van der Waals surface area contributed by atoms with Crippen LogP contribution < -0.4 is 10.1 Å². The second kappa shape index (κ2) is 6.82. The lowest BCUT2D eigenvalue weighted by molar-refractivity contribution is -0.122. The van der Waals surface area contributed by atoms with E-state index in [0.29, 0.717) is 27.5 Å². The second-order valence-electron chi connectivity index (χ2n) is 4.67. The second-order valence-corrected chi connectivity index (χ2v) is 6.23. The molecule has 0 aromatic heterocycles. The largest absolute Gasteiger partial charge is 0.491 e. The first kappa shape index (κ1) is 16.6. The molecule has 0 aliphatic rings. The lowest BCUT2D eigenvalue weighted by Gasteiger charge is -2.22. The molecule has 1 N–H and O–H groups in total. The van der Waals surface area contributed by atoms with Crippen molar-refractivity contribution in [2.45, 2.75) is 20.8 Å². The molecule has 0 atom stereocenters. The van der Waals surface area contributed by atoms with Crippen LogP contribution in [-0.4, -0.2) is 18.4 Å². The van der Waals surface area contributed by atoms with Gasteiger partial charge in [0, 0.05) is 10.9 Å². The lowest BCUT2D eigenvalue weighted by Crippen LogP contribution is -2.32. The number of alkyl halides is 1. The van der Waals surface area contributed by atoms with Crippen molar-refractivity contribution in [3.05, 3.63) is 21.6 Å². The van der Waals surface area contributed by atoms with Gasteiger partial charge in [-0.05, 0) is 48.8 Å². The fourth-order valence-corrected chi connectivity index (χ4v) is 2.34. The summed E-state index contributed by atoms with van der Waals surface area (Å²) in [5, 5.41) is 3.31. The van der Waals surface area contributed by atoms with Crippen molar-refractivity contribution in [2.24, 2.45) is 5.41 Å². The van der Waals surface area contributed by atoms with Gasteiger partial charge in [0.15, 0.2) is 5.75 Å². The van der Waals surface area contributed by atoms with Crippen LogP contribution in [0.25, 0.3) is 0 Å². The van der Waals surface area contributed by atoms with Crippen molar-refractivity contribution in [1.29, 1.82) is 0 Å². The van der Waals surface area contributed by atoms with Crippen molar-refractivity contribution < 1.29 is 9.53 Å². The Morgan fingerprint density at radius 2 is 2.11 bits per heavy atom. The van der Waals surface area contributed by atoms with Gasteiger partial charge >= 0.3 is 0 Å². The molecule has 0 radical (unpaired) electrons. The highest BCUT2D eigenvalue weighted by Crippen LogP contribution is 2.37. The zero-order valence-corrected chi connectivity index (χ0v) is 14.1. The number of carbonyl (C=O) groups is 1. The molecule has 0 bridgehead atoms. The number of carbonyl (C=O) groups excluding carboxylic acids is 1. The smallest absolute Gasteiger partial charge is 0.231 e. The van der Waals surface area contributed by atoms with E-state index in [0.717, 1.165) is 0 Å². The molecule has 0 heterocycles. The number of nitrogens with one attached hydrogen (secondary N) is 1. The predicted molar refractivity (Wildman–Crippen MR) is 83.5 cm³/mol. The highest BCUT2D eigenvalue weighted by atomic mass is 79.9. The van der Waals surface area contributed by atoms with Gasteiger partial charge in [0.1, 0.15) is 0 Å². The molecular weight excluding hydrogens is 353 g/mol. The summed E-state index contributed by atoms with van der Waals surface area (Å²) < 4.78 is 6.21. The Balaban J connectivity index is 3.09. The van der Waals surface area contributed by atoms with Gasteiger partial charge < -0.3 is 10.1 Å². The monoisotopic (exact) mass is 367 g/mol. The summed E-state index contributed by atoms with van der Waals surface area (Å²) in [5.41, 5.74) is -0.135. The summed E-state index contributed by atoms with van der Waals surface area (Å²) in [4.78, 5) is 12.1. The van der Waals surface area contributed by atoms with Crippen LogP contribution >= 0.6 is 39.1 Å². The molecule has 0 spiro atoms. The topological polar surface area (TPSA) is 38.3 Å². The fourth-order valence-electron chi connectivity index (χ4n) is 1.30. The first-order chi connectivity index (χ1) is 8.81. The third kappa shape index (κ3) is 4.26. The number of hydrogen-bond donors (Lipinski definition) is 1. The van der Waals surface area contributed by atoms with Crippen LogP contribution in [0.1, 0.15) is 20.8 Å². The lowest BCUT2D eigenvalue weighted by atomic mass is 9.95. The molecular formula is C13H16BrCl2NO2. The van der Waals surface area contributed by atoms with Crippen LogP contribution in [0.4, 0.5) is 5.69 Å². The van der Waals surface area contributed by atoms with E-state index in [1.54, 1.807) is 26.0 Å². The Morgan fingerprint density at radius 3 is 2.63 bits per heavy atom. The molecule has 0 fully saturated rings. The van der Waals surface area contributed by atoms with E-state index in [1.807, 2.05) is 6.92 Å². The van der Waals surface area contributed by atoms with Crippen LogP contribution in [0.15, 0.2) is 16.6 Å². The summed E-state index contributed by atoms with van der Waals surface area (Å²) >= 11 is 15.2. The van der Waals surface area contributed by atoms with Crippen LogP contribution in [0.3, 0.4) is 0 Å². The highest BCUT2D eigenvalue weighted by molar-refractivity contribution is 9.10. The number of rotatable bonds is 5. The number of ether oxygens (including phenoxy) is 1. The first-order valence-electron chi connectivity index (χ1n) is 5.81. The number of amides is 1. The standard InChI is InChI=1S/C13H16BrCl2NO2/c1-4-19-11-9(14)5-8(16)6-10(11)17-12(18)13(2,3)7-15/h5-6H,4,7H2,1-3H3,(H,17,18). The minimum absolute atomic E-state index is 0.183. The van der Waals surface area contributed by atoms with E-state index >= 15 is 0 Å². The van der Waals surface area contributed by atoms with Crippen molar-refractivity contribution in [3.63, 3.8) is 0 Å². The molecule has 1 rings (SSSR count). The summed E-state index contributed by atoms with van der Waals surface area (Å²) in [6.07, 6.45) is 0. The molecule has 0 saturated carbocycles. The molecule has 1 amide bonds. The summed E-state index contributed by atoms with van der Waals surface area (Å²) in [6, 6.07) is 3.37. The number of anilines is 1.